The van der Waals surface area contributed by atoms with E-state index in [1.54, 1.807) is 26.0 Å². The van der Waals surface area contributed by atoms with Gasteiger partial charge in [-0.05, 0) is 55.0 Å². The summed E-state index contributed by atoms with van der Waals surface area (Å²) in [4.78, 5) is 19.9. The highest BCUT2D eigenvalue weighted by molar-refractivity contribution is 8.01. The van der Waals surface area contributed by atoms with Crippen molar-refractivity contribution in [3.63, 3.8) is 0 Å². The van der Waals surface area contributed by atoms with Gasteiger partial charge >= 0.3 is 0 Å². The molecule has 1 aliphatic rings. The standard InChI is InChI=1S/C19H22FN3O2S/c1-3-19(20,13-24)17-10-11-21-18(22-17)23(26-16-8-9-16)12-14-4-6-15(25-2)7-5-14/h4-7,10-11,13,16H,3,8-9,12H2,1-2H3. The number of rotatable bonds is 9. The quantitative estimate of drug-likeness (QED) is 0.486. The molecule has 1 unspecified atom stereocenters. The van der Waals surface area contributed by atoms with E-state index in [1.807, 2.05) is 28.6 Å². The molecule has 1 aromatic carbocycles. The van der Waals surface area contributed by atoms with Gasteiger partial charge in [0.15, 0.2) is 6.29 Å². The molecule has 1 heterocycles. The van der Waals surface area contributed by atoms with Gasteiger partial charge in [0.05, 0.1) is 19.3 Å². The van der Waals surface area contributed by atoms with Crippen molar-refractivity contribution in [3.05, 3.63) is 47.8 Å². The number of nitrogens with zero attached hydrogens (tertiary/aromatic N) is 3. The first-order chi connectivity index (χ1) is 12.6. The number of carbonyl (C=O) groups is 1. The van der Waals surface area contributed by atoms with Crippen LogP contribution in [0, 0.1) is 0 Å². The molecule has 2 aromatic rings. The summed E-state index contributed by atoms with van der Waals surface area (Å²) < 4.78 is 21.9. The highest BCUT2D eigenvalue weighted by Gasteiger charge is 2.33. The maximum absolute atomic E-state index is 14.7. The van der Waals surface area contributed by atoms with Crippen molar-refractivity contribution in [1.29, 1.82) is 0 Å². The Morgan fingerprint density at radius 3 is 2.65 bits per heavy atom. The van der Waals surface area contributed by atoms with Gasteiger partial charge < -0.3 is 4.74 Å². The number of aldehydes is 1. The molecule has 7 heteroatoms. The average molecular weight is 375 g/mol. The summed E-state index contributed by atoms with van der Waals surface area (Å²) in [6.07, 6.45) is 4.18. The third-order valence-corrected chi connectivity index (χ3v) is 5.60. The zero-order valence-corrected chi connectivity index (χ0v) is 15.7. The molecular formula is C19H22FN3O2S. The summed E-state index contributed by atoms with van der Waals surface area (Å²) in [5, 5.41) is 0.535. The number of hydrogen-bond donors (Lipinski definition) is 0. The van der Waals surface area contributed by atoms with Crippen molar-refractivity contribution >= 4 is 24.2 Å². The van der Waals surface area contributed by atoms with Crippen LogP contribution in [0.2, 0.25) is 0 Å². The van der Waals surface area contributed by atoms with Gasteiger partial charge in [0, 0.05) is 11.4 Å². The molecule has 5 nitrogen and oxygen atoms in total. The molecule has 0 aliphatic heterocycles. The SMILES string of the molecule is CCC(F)(C=O)c1ccnc(N(Cc2ccc(OC)cc2)SC2CC2)n1. The Labute approximate surface area is 157 Å². The molecule has 0 bridgehead atoms. The summed E-state index contributed by atoms with van der Waals surface area (Å²) in [5.74, 6) is 1.22. The third kappa shape index (κ3) is 4.33. The Kier molecular flexibility index (Phi) is 5.76. The van der Waals surface area contributed by atoms with Gasteiger partial charge in [-0.1, -0.05) is 19.1 Å². The third-order valence-electron chi connectivity index (χ3n) is 4.28. The summed E-state index contributed by atoms with van der Waals surface area (Å²) >= 11 is 1.67. The minimum absolute atomic E-state index is 0.0429. The van der Waals surface area contributed by atoms with Crippen LogP contribution >= 0.6 is 11.9 Å². The zero-order chi connectivity index (χ0) is 18.6. The zero-order valence-electron chi connectivity index (χ0n) is 14.9. The van der Waals surface area contributed by atoms with Crippen molar-refractivity contribution in [2.45, 2.75) is 43.6 Å². The first-order valence-corrected chi connectivity index (χ1v) is 9.47. The smallest absolute Gasteiger partial charge is 0.236 e. The summed E-state index contributed by atoms with van der Waals surface area (Å²) in [6, 6.07) is 9.25. The molecule has 1 saturated carbocycles. The van der Waals surface area contributed by atoms with E-state index in [-0.39, 0.29) is 12.1 Å². The van der Waals surface area contributed by atoms with Crippen LogP contribution in [0.4, 0.5) is 10.3 Å². The average Bonchev–Trinajstić information content (AvgIpc) is 3.51. The normalized spacial score (nSPS) is 16.0. The summed E-state index contributed by atoms with van der Waals surface area (Å²) in [5.41, 5.74) is -0.894. The molecule has 1 atom stereocenters. The Morgan fingerprint density at radius 1 is 1.35 bits per heavy atom. The first-order valence-electron chi connectivity index (χ1n) is 8.64. The van der Waals surface area contributed by atoms with E-state index < -0.39 is 5.67 Å². The number of hydrogen-bond acceptors (Lipinski definition) is 6. The lowest BCUT2D eigenvalue weighted by atomic mass is 10.0. The predicted molar refractivity (Wildman–Crippen MR) is 101 cm³/mol. The number of carbonyl (C=O) groups excluding carboxylic acids is 1. The summed E-state index contributed by atoms with van der Waals surface area (Å²) in [6.45, 7) is 2.21. The Morgan fingerprint density at radius 2 is 2.08 bits per heavy atom. The van der Waals surface area contributed by atoms with Gasteiger partial charge in [-0.2, -0.15) is 0 Å². The molecule has 0 radical (unpaired) electrons. The van der Waals surface area contributed by atoms with Crippen molar-refractivity contribution in [1.82, 2.24) is 9.97 Å². The number of ether oxygens (including phenoxy) is 1. The van der Waals surface area contributed by atoms with E-state index >= 15 is 0 Å². The molecule has 3 rings (SSSR count). The van der Waals surface area contributed by atoms with E-state index in [9.17, 15) is 9.18 Å². The van der Waals surface area contributed by atoms with Crippen molar-refractivity contribution in [2.24, 2.45) is 0 Å². The minimum atomic E-state index is -2.08. The Balaban J connectivity index is 1.86. The molecular weight excluding hydrogens is 353 g/mol. The molecule has 0 amide bonds. The fourth-order valence-electron chi connectivity index (χ4n) is 2.43. The van der Waals surface area contributed by atoms with E-state index in [2.05, 4.69) is 9.97 Å². The molecule has 1 aromatic heterocycles. The minimum Gasteiger partial charge on any atom is -0.497 e. The van der Waals surface area contributed by atoms with Gasteiger partial charge in [-0.15, -0.1) is 0 Å². The van der Waals surface area contributed by atoms with Gasteiger partial charge in [0.2, 0.25) is 11.6 Å². The number of anilines is 1. The van der Waals surface area contributed by atoms with E-state index in [4.69, 9.17) is 4.74 Å². The monoisotopic (exact) mass is 375 g/mol. The van der Waals surface area contributed by atoms with Gasteiger partial charge in [-0.25, -0.2) is 14.4 Å². The lowest BCUT2D eigenvalue weighted by Gasteiger charge is -2.23. The number of aromatic nitrogens is 2. The van der Waals surface area contributed by atoms with E-state index in [1.165, 1.54) is 12.3 Å². The lowest BCUT2D eigenvalue weighted by Crippen LogP contribution is -2.25. The van der Waals surface area contributed by atoms with Crippen molar-refractivity contribution in [3.8, 4) is 5.75 Å². The molecule has 138 valence electrons. The molecule has 0 saturated heterocycles. The topological polar surface area (TPSA) is 55.3 Å². The second-order valence-corrected chi connectivity index (χ2v) is 7.58. The van der Waals surface area contributed by atoms with Crippen molar-refractivity contribution < 1.29 is 13.9 Å². The van der Waals surface area contributed by atoms with Crippen LogP contribution in [0.15, 0.2) is 36.5 Å². The molecule has 1 aliphatic carbocycles. The fraction of sp³-hybridized carbons (Fsp3) is 0.421. The molecule has 0 spiro atoms. The lowest BCUT2D eigenvalue weighted by molar-refractivity contribution is -0.118. The van der Waals surface area contributed by atoms with Crippen LogP contribution in [0.1, 0.15) is 37.4 Å². The summed E-state index contributed by atoms with van der Waals surface area (Å²) in [7, 11) is 1.63. The Hall–Kier alpha value is -2.15. The highest BCUT2D eigenvalue weighted by atomic mass is 32.2. The van der Waals surface area contributed by atoms with Crippen LogP contribution in [-0.4, -0.2) is 28.6 Å². The number of benzene rings is 1. The number of halogens is 1. The van der Waals surface area contributed by atoms with Gasteiger partial charge in [0.1, 0.15) is 5.75 Å². The molecule has 1 fully saturated rings. The maximum atomic E-state index is 14.7. The predicted octanol–water partition coefficient (Wildman–Crippen LogP) is 4.08. The van der Waals surface area contributed by atoms with Gasteiger partial charge in [-0.3, -0.25) is 9.10 Å². The van der Waals surface area contributed by atoms with E-state index in [0.29, 0.717) is 24.0 Å². The van der Waals surface area contributed by atoms with E-state index in [0.717, 1.165) is 24.2 Å². The first kappa shape index (κ1) is 18.6. The van der Waals surface area contributed by atoms with Crippen LogP contribution < -0.4 is 9.04 Å². The van der Waals surface area contributed by atoms with Crippen LogP contribution in [0.25, 0.3) is 0 Å². The second kappa shape index (κ2) is 8.03. The number of methoxy groups -OCH3 is 1. The second-order valence-electron chi connectivity index (χ2n) is 6.27. The number of alkyl halides is 1. The van der Waals surface area contributed by atoms with Gasteiger partial charge in [0.25, 0.3) is 0 Å². The largest absolute Gasteiger partial charge is 0.497 e. The molecule has 0 N–H and O–H groups in total. The van der Waals surface area contributed by atoms with Crippen molar-refractivity contribution in [2.75, 3.05) is 11.4 Å². The van der Waals surface area contributed by atoms with Crippen LogP contribution in [0.5, 0.6) is 5.75 Å². The Bertz CT molecular complexity index is 755. The highest BCUT2D eigenvalue weighted by Crippen LogP contribution is 2.39. The maximum Gasteiger partial charge on any atom is 0.236 e. The van der Waals surface area contributed by atoms with Crippen LogP contribution in [0.3, 0.4) is 0 Å². The molecule has 26 heavy (non-hydrogen) atoms. The van der Waals surface area contributed by atoms with Crippen LogP contribution in [-0.2, 0) is 17.0 Å². The fourth-order valence-corrected chi connectivity index (χ4v) is 3.54.